The van der Waals surface area contributed by atoms with Gasteiger partial charge in [0.05, 0.1) is 0 Å². The number of halogens is 4. The van der Waals surface area contributed by atoms with Crippen LogP contribution in [0.5, 0.6) is 0 Å². The Balaban J connectivity index is 0. The molecule has 12 heavy (non-hydrogen) atoms. The van der Waals surface area contributed by atoms with Gasteiger partial charge in [-0.05, 0) is 6.42 Å². The second-order valence-electron chi connectivity index (χ2n) is 1.85. The van der Waals surface area contributed by atoms with Crippen LogP contribution < -0.4 is 5.32 Å². The third-order valence-electron chi connectivity index (χ3n) is 0.756. The maximum atomic E-state index is 10.3. The Bertz CT molecular complexity index is 121. The van der Waals surface area contributed by atoms with E-state index in [0.29, 0.717) is 6.42 Å². The fourth-order valence-electron chi connectivity index (χ4n) is 0.352. The molecule has 0 aromatic carbocycles. The molecule has 0 rings (SSSR count). The Morgan fingerprint density at radius 1 is 1.33 bits per heavy atom. The van der Waals surface area contributed by atoms with Crippen molar-refractivity contribution in [2.24, 2.45) is 0 Å². The van der Waals surface area contributed by atoms with Crippen molar-refractivity contribution >= 4 is 65.4 Å². The zero-order chi connectivity index (χ0) is 10.2. The summed E-state index contributed by atoms with van der Waals surface area (Å²) < 4.78 is 0. The number of carbonyl (C=O) groups excluding carboxylic acids is 1. The normalized spacial score (nSPS) is 9.83. The van der Waals surface area contributed by atoms with E-state index in [0.717, 1.165) is 6.42 Å². The summed E-state index contributed by atoms with van der Waals surface area (Å²) in [5.41, 5.74) is 0. The third-order valence-corrected chi connectivity index (χ3v) is 0.756. The number of rotatable bonds is 2. The number of amides is 1. The number of nitrogens with one attached hydrogen (secondary N) is 1. The van der Waals surface area contributed by atoms with E-state index in [1.165, 1.54) is 0 Å². The van der Waals surface area contributed by atoms with Gasteiger partial charge in [0.25, 0.3) is 0 Å². The molecule has 0 spiro atoms. The first-order valence-electron chi connectivity index (χ1n) is 3.27. The fourth-order valence-corrected chi connectivity index (χ4v) is 0.352. The average molecular weight is 628 g/mol. The molecule has 0 unspecified atom stereocenters. The van der Waals surface area contributed by atoms with Gasteiger partial charge < -0.3 is 5.32 Å². The van der Waals surface area contributed by atoms with Crippen LogP contribution in [0.15, 0.2) is 0 Å². The van der Waals surface area contributed by atoms with Crippen LogP contribution in [0.4, 0.5) is 0 Å². The van der Waals surface area contributed by atoms with Gasteiger partial charge in [-0.15, -0.1) is 0 Å². The second kappa shape index (κ2) is 9.85. The maximum absolute atomic E-state index is 10.3. The van der Waals surface area contributed by atoms with Crippen LogP contribution in [-0.4, -0.2) is 24.5 Å². The molecule has 0 atom stereocenters. The average Bonchev–Trinajstić information content (AvgIpc) is 1.85. The van der Waals surface area contributed by atoms with Gasteiger partial charge in [-0.25, -0.2) is 0 Å². The number of hydrogen-bond acceptors (Lipinski definition) is 1. The topological polar surface area (TPSA) is 29.1 Å². The van der Waals surface area contributed by atoms with Crippen molar-refractivity contribution in [2.75, 3.05) is 7.05 Å². The molecule has 0 aromatic rings. The summed E-state index contributed by atoms with van der Waals surface area (Å²) in [6.07, 6.45) is 1.58. The summed E-state index contributed by atoms with van der Waals surface area (Å²) in [4.78, 5) is 10.3. The van der Waals surface area contributed by atoms with Crippen molar-refractivity contribution in [3.8, 4) is 0 Å². The molecule has 2 nitrogen and oxygen atoms in total. The summed E-state index contributed by atoms with van der Waals surface area (Å²) in [7, 11) is 1.65. The van der Waals surface area contributed by atoms with Crippen LogP contribution in [0, 0.1) is 0 Å². The van der Waals surface area contributed by atoms with Gasteiger partial charge in [0, 0.05) is 13.5 Å². The van der Waals surface area contributed by atoms with Gasteiger partial charge in [0.15, 0.2) is 0 Å². The van der Waals surface area contributed by atoms with Crippen molar-refractivity contribution < 1.29 is 4.79 Å². The molecule has 7 heteroatoms. The summed E-state index contributed by atoms with van der Waals surface area (Å²) in [5, 5.41) is 2.53. The molecular weight excluding hydrogens is 617 g/mol. The molecule has 0 saturated carbocycles. The van der Waals surface area contributed by atoms with E-state index in [2.05, 4.69) is 53.3 Å². The van der Waals surface area contributed by atoms with Crippen molar-refractivity contribution in [3.63, 3.8) is 0 Å². The van der Waals surface area contributed by atoms with Crippen LogP contribution >= 0.6 is 47.9 Å². The SMILES string of the molecule is CCCC(=O)NC.[Br][Pb]([Br])([Br])[Br]. The molecule has 0 saturated heterocycles. The zero-order valence-electron chi connectivity index (χ0n) is 6.83. The van der Waals surface area contributed by atoms with Crippen molar-refractivity contribution in [1.82, 2.24) is 5.32 Å². The quantitative estimate of drug-likeness (QED) is 0.467. The second-order valence-corrected chi connectivity index (χ2v) is 103. The Morgan fingerprint density at radius 2 is 1.67 bits per heavy atom. The van der Waals surface area contributed by atoms with E-state index < -0.39 is 11.5 Å². The van der Waals surface area contributed by atoms with Crippen LogP contribution in [0.3, 0.4) is 0 Å². The summed E-state index contributed by atoms with van der Waals surface area (Å²) >= 11 is 11.4. The monoisotopic (exact) mass is 625 g/mol. The van der Waals surface area contributed by atoms with Crippen LogP contribution in [-0.2, 0) is 4.79 Å². The third kappa shape index (κ3) is 29.5. The minimum absolute atomic E-state index is 0.127. The summed E-state index contributed by atoms with van der Waals surface area (Å²) in [5.74, 6) is 0.127. The first-order valence-corrected chi connectivity index (χ1v) is 37.0. The number of carbonyl (C=O) groups is 1. The van der Waals surface area contributed by atoms with Crippen LogP contribution in [0.1, 0.15) is 19.8 Å². The van der Waals surface area contributed by atoms with E-state index >= 15 is 0 Å². The summed E-state index contributed by atoms with van der Waals surface area (Å²) in [6.45, 7) is 1.98. The fraction of sp³-hybridized carbons (Fsp3) is 0.800. The van der Waals surface area contributed by atoms with Crippen molar-refractivity contribution in [3.05, 3.63) is 0 Å². The Morgan fingerprint density at radius 3 is 1.75 bits per heavy atom. The number of hydrogen-bond donors (Lipinski definition) is 1. The van der Waals surface area contributed by atoms with Gasteiger partial charge in [0.1, 0.15) is 0 Å². The van der Waals surface area contributed by atoms with Gasteiger partial charge in [-0.1, -0.05) is 6.92 Å². The van der Waals surface area contributed by atoms with E-state index in [-0.39, 0.29) is 5.91 Å². The van der Waals surface area contributed by atoms with Crippen molar-refractivity contribution in [1.29, 1.82) is 0 Å². The van der Waals surface area contributed by atoms with Gasteiger partial charge in [-0.2, -0.15) is 0 Å². The molecule has 0 aliphatic rings. The molecular formula is C5H11Br4NOPb. The van der Waals surface area contributed by atoms with Crippen molar-refractivity contribution in [2.45, 2.75) is 19.8 Å². The Labute approximate surface area is 100 Å². The first-order chi connectivity index (χ1) is 5.31. The molecule has 0 fully saturated rings. The molecule has 0 aromatic heterocycles. The molecule has 0 aliphatic carbocycles. The molecule has 0 heterocycles. The predicted octanol–water partition coefficient (Wildman–Crippen LogP) is 3.53. The molecule has 74 valence electrons. The van der Waals surface area contributed by atoms with E-state index in [9.17, 15) is 4.79 Å². The van der Waals surface area contributed by atoms with E-state index in [4.69, 9.17) is 0 Å². The molecule has 0 radical (unpaired) electrons. The van der Waals surface area contributed by atoms with E-state index in [1.54, 1.807) is 7.05 Å². The molecule has 1 N–H and O–H groups in total. The van der Waals surface area contributed by atoms with Gasteiger partial charge in [-0.3, -0.25) is 4.79 Å². The van der Waals surface area contributed by atoms with Crippen LogP contribution in [0.2, 0.25) is 0 Å². The molecule has 1 amide bonds. The standard InChI is InChI=1S/C5H11NO.4BrH.Pb/c1-3-4-5(7)6-2;;;;;/h3-4H2,1-2H3,(H,6,7);4*1H;/q;;;;;+4/p-4. The Kier molecular flexibility index (Phi) is 13.7. The molecule has 0 bridgehead atoms. The van der Waals surface area contributed by atoms with E-state index in [1.807, 2.05) is 6.92 Å². The molecule has 0 aliphatic heterocycles. The zero-order valence-corrected chi connectivity index (χ0v) is 17.1. The van der Waals surface area contributed by atoms with Gasteiger partial charge in [0.2, 0.25) is 5.91 Å². The minimum atomic E-state index is -2.03. The van der Waals surface area contributed by atoms with Gasteiger partial charge >= 0.3 is 59.5 Å². The van der Waals surface area contributed by atoms with Crippen LogP contribution in [0.25, 0.3) is 0 Å². The summed E-state index contributed by atoms with van der Waals surface area (Å²) in [6, 6.07) is 0. The first kappa shape index (κ1) is 16.7. The Hall–Kier alpha value is 2.31. The predicted molar refractivity (Wildman–Crippen MR) is 70.4 cm³/mol.